The summed E-state index contributed by atoms with van der Waals surface area (Å²) < 4.78 is 27.5. The highest BCUT2D eigenvalue weighted by atomic mass is 16.6. The van der Waals surface area contributed by atoms with E-state index in [9.17, 15) is 9.59 Å². The number of hydrogen-bond donors (Lipinski definition) is 2. The zero-order chi connectivity index (χ0) is 23.8. The topological polar surface area (TPSA) is 104 Å². The van der Waals surface area contributed by atoms with Gasteiger partial charge < -0.3 is 23.7 Å². The normalized spacial score (nSPS) is 11.8. The van der Waals surface area contributed by atoms with Crippen molar-refractivity contribution in [2.75, 3.05) is 26.9 Å². The van der Waals surface area contributed by atoms with Crippen LogP contribution in [0.25, 0.3) is 0 Å². The Morgan fingerprint density at radius 3 is 2.32 bits per heavy atom. The van der Waals surface area contributed by atoms with Crippen LogP contribution in [0.5, 0.6) is 28.7 Å². The zero-order valence-electron chi connectivity index (χ0n) is 18.5. The quantitative estimate of drug-likeness (QED) is 0.494. The number of methoxy groups -OCH3 is 1. The van der Waals surface area contributed by atoms with E-state index in [-0.39, 0.29) is 12.2 Å². The molecule has 1 heterocycles. The molecule has 0 radical (unpaired) electrons. The predicted octanol–water partition coefficient (Wildman–Crippen LogP) is 2.89. The van der Waals surface area contributed by atoms with Crippen LogP contribution in [-0.4, -0.2) is 38.7 Å². The lowest BCUT2D eigenvalue weighted by Gasteiger charge is -2.21. The number of benzene rings is 3. The van der Waals surface area contributed by atoms with E-state index in [2.05, 4.69) is 10.9 Å². The lowest BCUT2D eigenvalue weighted by Crippen LogP contribution is -2.43. The number of amides is 2. The average molecular weight is 464 g/mol. The minimum absolute atomic E-state index is 0.244. The third-order valence-electron chi connectivity index (χ3n) is 4.85. The molecule has 34 heavy (non-hydrogen) atoms. The first-order valence-electron chi connectivity index (χ1n) is 10.6. The van der Waals surface area contributed by atoms with Crippen LogP contribution < -0.4 is 34.5 Å². The fourth-order valence-electron chi connectivity index (χ4n) is 3.16. The maximum atomic E-state index is 12.4. The molecule has 0 unspecified atom stereocenters. The van der Waals surface area contributed by atoms with E-state index in [4.69, 9.17) is 23.7 Å². The van der Waals surface area contributed by atoms with Crippen LogP contribution in [0.3, 0.4) is 0 Å². The van der Waals surface area contributed by atoms with Gasteiger partial charge in [0.1, 0.15) is 31.3 Å². The molecule has 9 heteroatoms. The van der Waals surface area contributed by atoms with E-state index < -0.39 is 11.8 Å². The summed E-state index contributed by atoms with van der Waals surface area (Å²) in [5, 5.41) is 0. The Morgan fingerprint density at radius 1 is 0.882 bits per heavy atom. The molecular weight excluding hydrogens is 440 g/mol. The molecule has 3 aromatic carbocycles. The summed E-state index contributed by atoms with van der Waals surface area (Å²) in [5.74, 6) is 1.33. The molecule has 1 aliphatic rings. The molecule has 0 aliphatic carbocycles. The first-order valence-corrected chi connectivity index (χ1v) is 10.6. The highest BCUT2D eigenvalue weighted by Crippen LogP contribution is 2.40. The van der Waals surface area contributed by atoms with E-state index in [0.29, 0.717) is 48.6 Å². The van der Waals surface area contributed by atoms with Gasteiger partial charge in [-0.3, -0.25) is 20.4 Å². The Labute approximate surface area is 196 Å². The third-order valence-corrected chi connectivity index (χ3v) is 4.85. The van der Waals surface area contributed by atoms with Crippen LogP contribution in [0.4, 0.5) is 0 Å². The smallest absolute Gasteiger partial charge is 0.276 e. The molecule has 0 spiro atoms. The first kappa shape index (κ1) is 22.8. The molecule has 1 aliphatic heterocycles. The summed E-state index contributed by atoms with van der Waals surface area (Å²) in [6.07, 6.45) is 0. The van der Waals surface area contributed by atoms with Gasteiger partial charge in [0.25, 0.3) is 11.8 Å². The van der Waals surface area contributed by atoms with Gasteiger partial charge in [0.05, 0.1) is 7.11 Å². The number of nitrogens with one attached hydrogen (secondary N) is 2. The number of hydrogen-bond acceptors (Lipinski definition) is 7. The standard InChI is InChI=1S/C25H24N2O7/c1-30-21-13-18(14-22-24(21)32-12-11-31-22)25(29)27-26-23(28)16-34-20-9-7-19(8-10-20)33-15-17-5-3-2-4-6-17/h2-10,13-14H,11-12,15-16H2,1H3,(H,26,28)(H,27,29). The van der Waals surface area contributed by atoms with Crippen LogP contribution in [0.15, 0.2) is 66.7 Å². The Morgan fingerprint density at radius 2 is 1.59 bits per heavy atom. The highest BCUT2D eigenvalue weighted by Gasteiger charge is 2.21. The van der Waals surface area contributed by atoms with Crippen LogP contribution in [0, 0.1) is 0 Å². The van der Waals surface area contributed by atoms with Crippen molar-refractivity contribution >= 4 is 11.8 Å². The van der Waals surface area contributed by atoms with Crippen molar-refractivity contribution < 1.29 is 33.3 Å². The van der Waals surface area contributed by atoms with Crippen LogP contribution >= 0.6 is 0 Å². The number of rotatable bonds is 8. The summed E-state index contributed by atoms with van der Waals surface area (Å²) in [6.45, 7) is 0.942. The molecule has 4 rings (SSSR count). The summed E-state index contributed by atoms with van der Waals surface area (Å²) in [7, 11) is 1.47. The van der Waals surface area contributed by atoms with Gasteiger partial charge in [-0.2, -0.15) is 0 Å². The molecule has 0 saturated heterocycles. The Hall–Kier alpha value is -4.40. The zero-order valence-corrected chi connectivity index (χ0v) is 18.5. The third kappa shape index (κ3) is 5.89. The maximum absolute atomic E-state index is 12.4. The van der Waals surface area contributed by atoms with E-state index >= 15 is 0 Å². The number of fused-ring (bicyclic) bond motifs is 1. The average Bonchev–Trinajstić information content (AvgIpc) is 2.89. The van der Waals surface area contributed by atoms with E-state index in [1.54, 1.807) is 24.3 Å². The molecule has 0 aromatic heterocycles. The minimum Gasteiger partial charge on any atom is -0.493 e. The van der Waals surface area contributed by atoms with Crippen LogP contribution in [-0.2, 0) is 11.4 Å². The van der Waals surface area contributed by atoms with Gasteiger partial charge >= 0.3 is 0 Å². The largest absolute Gasteiger partial charge is 0.493 e. The second kappa shape index (κ2) is 11.0. The number of carbonyl (C=O) groups is 2. The molecule has 3 aromatic rings. The Kier molecular flexibility index (Phi) is 7.34. The second-order valence-corrected chi connectivity index (χ2v) is 7.24. The molecule has 0 atom stereocenters. The lowest BCUT2D eigenvalue weighted by molar-refractivity contribution is -0.123. The fraction of sp³-hybridized carbons (Fsp3) is 0.200. The lowest BCUT2D eigenvalue weighted by atomic mass is 10.1. The SMILES string of the molecule is COc1cc(C(=O)NNC(=O)COc2ccc(OCc3ccccc3)cc2)cc2c1OCCO2. The molecule has 2 amide bonds. The second-order valence-electron chi connectivity index (χ2n) is 7.24. The fourth-order valence-corrected chi connectivity index (χ4v) is 3.16. The molecule has 9 nitrogen and oxygen atoms in total. The number of carbonyl (C=O) groups excluding carboxylic acids is 2. The molecule has 0 bridgehead atoms. The number of hydrazine groups is 1. The molecule has 0 fully saturated rings. The number of ether oxygens (including phenoxy) is 5. The van der Waals surface area contributed by atoms with Crippen molar-refractivity contribution in [1.82, 2.24) is 10.9 Å². The van der Waals surface area contributed by atoms with Crippen molar-refractivity contribution in [2.24, 2.45) is 0 Å². The summed E-state index contributed by atoms with van der Waals surface area (Å²) >= 11 is 0. The van der Waals surface area contributed by atoms with Crippen molar-refractivity contribution in [3.63, 3.8) is 0 Å². The summed E-state index contributed by atoms with van der Waals surface area (Å²) in [6, 6.07) is 19.8. The molecule has 176 valence electrons. The molecular formula is C25H24N2O7. The Balaban J connectivity index is 1.23. The first-order chi connectivity index (χ1) is 16.6. The van der Waals surface area contributed by atoms with Gasteiger partial charge in [-0.15, -0.1) is 0 Å². The maximum Gasteiger partial charge on any atom is 0.276 e. The van der Waals surface area contributed by atoms with Gasteiger partial charge in [-0.1, -0.05) is 30.3 Å². The summed E-state index contributed by atoms with van der Waals surface area (Å²) in [4.78, 5) is 24.5. The van der Waals surface area contributed by atoms with Crippen molar-refractivity contribution in [1.29, 1.82) is 0 Å². The van der Waals surface area contributed by atoms with Gasteiger partial charge in [0.2, 0.25) is 5.75 Å². The highest BCUT2D eigenvalue weighted by molar-refractivity contribution is 5.96. The van der Waals surface area contributed by atoms with Gasteiger partial charge in [-0.25, -0.2) is 0 Å². The van der Waals surface area contributed by atoms with Crippen molar-refractivity contribution in [3.05, 3.63) is 77.9 Å². The van der Waals surface area contributed by atoms with Crippen LogP contribution in [0.2, 0.25) is 0 Å². The van der Waals surface area contributed by atoms with Crippen molar-refractivity contribution in [2.45, 2.75) is 6.61 Å². The van der Waals surface area contributed by atoms with E-state index in [0.717, 1.165) is 5.56 Å². The van der Waals surface area contributed by atoms with Gasteiger partial charge in [-0.05, 0) is 42.0 Å². The Bertz CT molecular complexity index is 1120. The van der Waals surface area contributed by atoms with E-state index in [1.807, 2.05) is 30.3 Å². The van der Waals surface area contributed by atoms with Crippen molar-refractivity contribution in [3.8, 4) is 28.7 Å². The minimum atomic E-state index is -0.538. The monoisotopic (exact) mass is 464 g/mol. The van der Waals surface area contributed by atoms with Gasteiger partial charge in [0, 0.05) is 5.56 Å². The molecule has 0 saturated carbocycles. The van der Waals surface area contributed by atoms with Gasteiger partial charge in [0.15, 0.2) is 18.1 Å². The predicted molar refractivity (Wildman–Crippen MR) is 122 cm³/mol. The van der Waals surface area contributed by atoms with Crippen LogP contribution in [0.1, 0.15) is 15.9 Å². The molecule has 2 N–H and O–H groups in total. The van der Waals surface area contributed by atoms with E-state index in [1.165, 1.54) is 19.2 Å². The summed E-state index contributed by atoms with van der Waals surface area (Å²) in [5.41, 5.74) is 5.97.